The number of carbonyl (C=O) groups is 1. The van der Waals surface area contributed by atoms with Crippen LogP contribution in [0.3, 0.4) is 0 Å². The van der Waals surface area contributed by atoms with E-state index in [1.165, 1.54) is 10.5 Å². The van der Waals surface area contributed by atoms with E-state index in [1.807, 2.05) is 42.5 Å². The van der Waals surface area contributed by atoms with E-state index in [2.05, 4.69) is 31.3 Å². The molecule has 0 saturated carbocycles. The Hall–Kier alpha value is -2.04. The van der Waals surface area contributed by atoms with E-state index < -0.39 is 0 Å². The fourth-order valence-electron chi connectivity index (χ4n) is 2.54. The van der Waals surface area contributed by atoms with Crippen LogP contribution in [0.4, 0.5) is 5.69 Å². The molecule has 5 heteroatoms. The molecule has 0 spiro atoms. The van der Waals surface area contributed by atoms with Crippen molar-refractivity contribution in [2.75, 3.05) is 31.6 Å². The Kier molecular flexibility index (Phi) is 9.66. The third-order valence-corrected chi connectivity index (χ3v) is 4.06. The van der Waals surface area contributed by atoms with Crippen molar-refractivity contribution in [2.45, 2.75) is 20.3 Å². The molecule has 0 aliphatic heterocycles. The van der Waals surface area contributed by atoms with Crippen LogP contribution in [0.5, 0.6) is 5.75 Å². The van der Waals surface area contributed by atoms with Gasteiger partial charge in [0.05, 0.1) is 25.4 Å². The first-order chi connectivity index (χ1) is 11.7. The van der Waals surface area contributed by atoms with Crippen molar-refractivity contribution in [2.24, 2.45) is 0 Å². The van der Waals surface area contributed by atoms with E-state index in [4.69, 9.17) is 4.74 Å². The predicted octanol–water partition coefficient (Wildman–Crippen LogP) is -0.825. The lowest BCUT2D eigenvalue weighted by molar-refractivity contribution is -0.888. The summed E-state index contributed by atoms with van der Waals surface area (Å²) in [5.74, 6) is 0.740. The minimum Gasteiger partial charge on any atom is -1.00 e. The van der Waals surface area contributed by atoms with Crippen molar-refractivity contribution >= 4 is 11.6 Å². The smallest absolute Gasteiger partial charge is 0.279 e. The summed E-state index contributed by atoms with van der Waals surface area (Å²) >= 11 is 0. The Morgan fingerprint density at radius 3 is 2.32 bits per heavy atom. The Balaban J connectivity index is 0.00000312. The second kappa shape index (κ2) is 11.5. The Morgan fingerprint density at radius 1 is 1.00 bits per heavy atom. The first-order valence-corrected chi connectivity index (χ1v) is 8.62. The van der Waals surface area contributed by atoms with Gasteiger partial charge in [0.2, 0.25) is 0 Å². The SMILES string of the molecule is CC[NH+](CC)CC(=O)Nc1ccccc1OCCc1ccccc1.[Cl-]. The zero-order chi connectivity index (χ0) is 17.2. The number of nitrogens with one attached hydrogen (secondary N) is 2. The monoisotopic (exact) mass is 362 g/mol. The lowest BCUT2D eigenvalue weighted by Gasteiger charge is -2.16. The molecule has 2 aromatic rings. The summed E-state index contributed by atoms with van der Waals surface area (Å²) in [7, 11) is 0. The van der Waals surface area contributed by atoms with E-state index >= 15 is 0 Å². The van der Waals surface area contributed by atoms with Gasteiger partial charge in [0, 0.05) is 6.42 Å². The summed E-state index contributed by atoms with van der Waals surface area (Å²) in [6.45, 7) is 7.13. The van der Waals surface area contributed by atoms with E-state index in [0.29, 0.717) is 13.2 Å². The number of para-hydroxylation sites is 2. The van der Waals surface area contributed by atoms with Gasteiger partial charge in [-0.15, -0.1) is 0 Å². The predicted molar refractivity (Wildman–Crippen MR) is 97.6 cm³/mol. The number of rotatable bonds is 9. The molecule has 0 bridgehead atoms. The fourth-order valence-corrected chi connectivity index (χ4v) is 2.54. The lowest BCUT2D eigenvalue weighted by atomic mass is 10.2. The van der Waals surface area contributed by atoms with Crippen molar-refractivity contribution < 1.29 is 26.8 Å². The first kappa shape index (κ1) is 21.0. The zero-order valence-electron chi connectivity index (χ0n) is 14.9. The second-order valence-corrected chi connectivity index (χ2v) is 5.76. The highest BCUT2D eigenvalue weighted by Crippen LogP contribution is 2.23. The van der Waals surface area contributed by atoms with Crippen LogP contribution in [0.25, 0.3) is 0 Å². The number of benzene rings is 2. The number of carbonyl (C=O) groups excluding carboxylic acids is 1. The number of anilines is 1. The van der Waals surface area contributed by atoms with Crippen LogP contribution in [0.15, 0.2) is 54.6 Å². The van der Waals surface area contributed by atoms with Crippen molar-refractivity contribution in [1.29, 1.82) is 0 Å². The van der Waals surface area contributed by atoms with Gasteiger partial charge in [-0.25, -0.2) is 0 Å². The summed E-state index contributed by atoms with van der Waals surface area (Å²) in [4.78, 5) is 13.5. The number of halogens is 1. The van der Waals surface area contributed by atoms with Gasteiger partial charge >= 0.3 is 0 Å². The Morgan fingerprint density at radius 2 is 1.64 bits per heavy atom. The highest BCUT2D eigenvalue weighted by atomic mass is 35.5. The van der Waals surface area contributed by atoms with Gasteiger partial charge in [-0.1, -0.05) is 42.5 Å². The molecule has 1 amide bonds. The molecule has 2 rings (SSSR count). The van der Waals surface area contributed by atoms with Crippen LogP contribution in [0.1, 0.15) is 19.4 Å². The average molecular weight is 363 g/mol. The summed E-state index contributed by atoms with van der Waals surface area (Å²) in [6, 6.07) is 17.8. The maximum atomic E-state index is 12.2. The quantitative estimate of drug-likeness (QED) is 0.612. The topological polar surface area (TPSA) is 42.8 Å². The average Bonchev–Trinajstić information content (AvgIpc) is 2.62. The number of hydrogen-bond donors (Lipinski definition) is 2. The van der Waals surface area contributed by atoms with Gasteiger partial charge in [-0.3, -0.25) is 4.79 Å². The van der Waals surface area contributed by atoms with Crippen LogP contribution in [-0.2, 0) is 11.2 Å². The number of quaternary nitrogens is 1. The molecule has 136 valence electrons. The van der Waals surface area contributed by atoms with Crippen molar-refractivity contribution in [3.8, 4) is 5.75 Å². The van der Waals surface area contributed by atoms with Gasteiger partial charge in [-0.05, 0) is 31.5 Å². The largest absolute Gasteiger partial charge is 1.00 e. The Labute approximate surface area is 156 Å². The van der Waals surface area contributed by atoms with Crippen molar-refractivity contribution in [3.05, 3.63) is 60.2 Å². The van der Waals surface area contributed by atoms with Crippen LogP contribution >= 0.6 is 0 Å². The maximum Gasteiger partial charge on any atom is 0.279 e. The summed E-state index contributed by atoms with van der Waals surface area (Å²) < 4.78 is 5.88. The molecule has 25 heavy (non-hydrogen) atoms. The van der Waals surface area contributed by atoms with Crippen molar-refractivity contribution in [3.63, 3.8) is 0 Å². The zero-order valence-corrected chi connectivity index (χ0v) is 15.7. The molecule has 0 unspecified atom stereocenters. The van der Waals surface area contributed by atoms with Crippen LogP contribution in [0, 0.1) is 0 Å². The summed E-state index contributed by atoms with van der Waals surface area (Å²) in [6.07, 6.45) is 0.840. The van der Waals surface area contributed by atoms with Gasteiger partial charge in [0.1, 0.15) is 5.75 Å². The molecule has 0 aromatic heterocycles. The van der Waals surface area contributed by atoms with Crippen molar-refractivity contribution in [1.82, 2.24) is 0 Å². The number of hydrogen-bond acceptors (Lipinski definition) is 2. The summed E-state index contributed by atoms with van der Waals surface area (Å²) in [5.41, 5.74) is 1.98. The summed E-state index contributed by atoms with van der Waals surface area (Å²) in [5, 5.41) is 2.97. The molecule has 2 N–H and O–H groups in total. The van der Waals surface area contributed by atoms with Gasteiger partial charge in [0.15, 0.2) is 6.54 Å². The molecular formula is C20H27ClN2O2. The van der Waals surface area contributed by atoms with Crippen LogP contribution < -0.4 is 27.4 Å². The normalized spacial score (nSPS) is 10.2. The Bertz CT molecular complexity index is 631. The molecule has 0 aliphatic carbocycles. The van der Waals surface area contributed by atoms with E-state index in [9.17, 15) is 4.79 Å². The van der Waals surface area contributed by atoms with E-state index in [0.717, 1.165) is 30.9 Å². The van der Waals surface area contributed by atoms with E-state index in [1.54, 1.807) is 0 Å². The van der Waals surface area contributed by atoms with Gasteiger partial charge in [0.25, 0.3) is 5.91 Å². The van der Waals surface area contributed by atoms with Crippen LogP contribution in [-0.4, -0.2) is 32.1 Å². The minimum absolute atomic E-state index is 0. The molecule has 0 heterocycles. The fraction of sp³-hybridized carbons (Fsp3) is 0.350. The minimum atomic E-state index is 0. The van der Waals surface area contributed by atoms with E-state index in [-0.39, 0.29) is 18.3 Å². The molecule has 0 radical (unpaired) electrons. The highest BCUT2D eigenvalue weighted by molar-refractivity contribution is 5.92. The third kappa shape index (κ3) is 7.16. The number of ether oxygens (including phenoxy) is 1. The molecule has 0 saturated heterocycles. The highest BCUT2D eigenvalue weighted by Gasteiger charge is 2.12. The standard InChI is InChI=1S/C20H26N2O2.ClH/c1-3-22(4-2)16-20(23)21-18-12-8-9-13-19(18)24-15-14-17-10-6-5-7-11-17;/h5-13H,3-4,14-16H2,1-2H3,(H,21,23);1H. The molecule has 0 fully saturated rings. The third-order valence-electron chi connectivity index (χ3n) is 4.06. The van der Waals surface area contributed by atoms with Gasteiger partial charge in [-0.2, -0.15) is 0 Å². The lowest BCUT2D eigenvalue weighted by Crippen LogP contribution is -3.12. The number of amides is 1. The molecule has 0 aliphatic rings. The molecular weight excluding hydrogens is 336 g/mol. The first-order valence-electron chi connectivity index (χ1n) is 8.62. The second-order valence-electron chi connectivity index (χ2n) is 5.76. The van der Waals surface area contributed by atoms with Crippen LogP contribution in [0.2, 0.25) is 0 Å². The van der Waals surface area contributed by atoms with Gasteiger partial charge < -0.3 is 27.4 Å². The number of likely N-dealkylation sites (N-methyl/N-ethyl adjacent to an activating group) is 1. The molecule has 0 atom stereocenters. The maximum absolute atomic E-state index is 12.2. The molecule has 4 nitrogen and oxygen atoms in total. The molecule has 2 aromatic carbocycles.